The molecule has 0 saturated heterocycles. The van der Waals surface area contributed by atoms with Gasteiger partial charge in [-0.05, 0) is 43.4 Å². The van der Waals surface area contributed by atoms with Crippen molar-refractivity contribution < 1.29 is 9.21 Å². The van der Waals surface area contributed by atoms with Crippen LogP contribution < -0.4 is 0 Å². The zero-order chi connectivity index (χ0) is 16.9. The van der Waals surface area contributed by atoms with E-state index >= 15 is 0 Å². The largest absolute Gasteiger partial charge is 0.467 e. The number of carbonyl (C=O) groups is 1. The van der Waals surface area contributed by atoms with Gasteiger partial charge >= 0.3 is 0 Å². The fraction of sp³-hybridized carbons (Fsp3) is 0.450. The molecular formula is C20H26N2O2. The van der Waals surface area contributed by atoms with E-state index in [4.69, 9.17) is 4.42 Å². The highest BCUT2D eigenvalue weighted by Crippen LogP contribution is 2.35. The minimum atomic E-state index is 0.134. The lowest BCUT2D eigenvalue weighted by molar-refractivity contribution is -0.132. The van der Waals surface area contributed by atoms with Gasteiger partial charge in [-0.25, -0.2) is 0 Å². The molecule has 1 aliphatic carbocycles. The van der Waals surface area contributed by atoms with Crippen molar-refractivity contribution in [3.05, 3.63) is 60.1 Å². The van der Waals surface area contributed by atoms with Crippen LogP contribution in [-0.4, -0.2) is 35.3 Å². The monoisotopic (exact) mass is 326 g/mol. The van der Waals surface area contributed by atoms with Crippen LogP contribution in [0.15, 0.2) is 53.1 Å². The SMILES string of the molecule is CC(C1CC1)N(CC(=O)N(C)Cc1ccco1)Cc1ccccc1. The van der Waals surface area contributed by atoms with Crippen molar-refractivity contribution in [3.8, 4) is 0 Å². The van der Waals surface area contributed by atoms with Gasteiger partial charge in [0.05, 0.1) is 19.4 Å². The lowest BCUT2D eigenvalue weighted by atomic mass is 10.1. The Morgan fingerprint density at radius 1 is 1.17 bits per heavy atom. The average Bonchev–Trinajstić information content (AvgIpc) is 3.32. The van der Waals surface area contributed by atoms with Crippen molar-refractivity contribution in [1.82, 2.24) is 9.80 Å². The minimum Gasteiger partial charge on any atom is -0.467 e. The summed E-state index contributed by atoms with van der Waals surface area (Å²) < 4.78 is 5.34. The van der Waals surface area contributed by atoms with E-state index in [0.717, 1.165) is 18.2 Å². The Balaban J connectivity index is 1.63. The second-order valence-electron chi connectivity index (χ2n) is 6.80. The summed E-state index contributed by atoms with van der Waals surface area (Å²) in [6, 6.07) is 14.6. The molecule has 1 amide bonds. The average molecular weight is 326 g/mol. The van der Waals surface area contributed by atoms with Gasteiger partial charge in [0.15, 0.2) is 0 Å². The van der Waals surface area contributed by atoms with E-state index in [2.05, 4.69) is 36.1 Å². The molecule has 1 unspecified atom stereocenters. The van der Waals surface area contributed by atoms with E-state index in [-0.39, 0.29) is 5.91 Å². The van der Waals surface area contributed by atoms with Gasteiger partial charge in [0.25, 0.3) is 0 Å². The molecule has 24 heavy (non-hydrogen) atoms. The third-order valence-corrected chi connectivity index (χ3v) is 4.85. The Bertz CT molecular complexity index is 635. The molecule has 3 rings (SSSR count). The summed E-state index contributed by atoms with van der Waals surface area (Å²) in [6.45, 7) is 4.03. The maximum absolute atomic E-state index is 12.7. The molecule has 1 fully saturated rings. The molecular weight excluding hydrogens is 300 g/mol. The standard InChI is InChI=1S/C20H26N2O2/c1-16(18-10-11-18)22(13-17-7-4-3-5-8-17)15-20(23)21(2)14-19-9-6-12-24-19/h3-9,12,16,18H,10-11,13-15H2,1-2H3. The van der Waals surface area contributed by atoms with Gasteiger partial charge in [-0.3, -0.25) is 9.69 Å². The van der Waals surface area contributed by atoms with Crippen molar-refractivity contribution in [2.75, 3.05) is 13.6 Å². The Morgan fingerprint density at radius 2 is 1.92 bits per heavy atom. The van der Waals surface area contributed by atoms with Crippen molar-refractivity contribution >= 4 is 5.91 Å². The molecule has 2 aromatic rings. The quantitative estimate of drug-likeness (QED) is 0.744. The summed E-state index contributed by atoms with van der Waals surface area (Å²) in [5.74, 6) is 1.68. The number of nitrogens with zero attached hydrogens (tertiary/aromatic N) is 2. The van der Waals surface area contributed by atoms with Gasteiger partial charge in [0, 0.05) is 19.6 Å². The van der Waals surface area contributed by atoms with E-state index in [0.29, 0.717) is 19.1 Å². The van der Waals surface area contributed by atoms with Crippen LogP contribution in [0.5, 0.6) is 0 Å². The first-order valence-electron chi connectivity index (χ1n) is 8.68. The van der Waals surface area contributed by atoms with Crippen LogP contribution in [0.2, 0.25) is 0 Å². The number of likely N-dealkylation sites (N-methyl/N-ethyl adjacent to an activating group) is 1. The zero-order valence-corrected chi connectivity index (χ0v) is 14.5. The highest BCUT2D eigenvalue weighted by atomic mass is 16.3. The van der Waals surface area contributed by atoms with E-state index in [9.17, 15) is 4.79 Å². The first kappa shape index (κ1) is 16.8. The van der Waals surface area contributed by atoms with Gasteiger partial charge in [-0.1, -0.05) is 30.3 Å². The van der Waals surface area contributed by atoms with Crippen LogP contribution in [-0.2, 0) is 17.9 Å². The third-order valence-electron chi connectivity index (χ3n) is 4.85. The number of rotatable bonds is 8. The second-order valence-corrected chi connectivity index (χ2v) is 6.80. The van der Waals surface area contributed by atoms with Crippen LogP contribution in [0.4, 0.5) is 0 Å². The second kappa shape index (κ2) is 7.67. The highest BCUT2D eigenvalue weighted by molar-refractivity contribution is 5.78. The molecule has 128 valence electrons. The van der Waals surface area contributed by atoms with Crippen LogP contribution >= 0.6 is 0 Å². The molecule has 0 bridgehead atoms. The summed E-state index contributed by atoms with van der Waals surface area (Å²) in [4.78, 5) is 16.7. The van der Waals surface area contributed by atoms with Crippen LogP contribution in [0.1, 0.15) is 31.1 Å². The van der Waals surface area contributed by atoms with Crippen LogP contribution in [0.3, 0.4) is 0 Å². The Labute approximate surface area is 144 Å². The van der Waals surface area contributed by atoms with Crippen molar-refractivity contribution in [2.24, 2.45) is 5.92 Å². The molecule has 1 heterocycles. The smallest absolute Gasteiger partial charge is 0.236 e. The van der Waals surface area contributed by atoms with Gasteiger partial charge in [-0.15, -0.1) is 0 Å². The van der Waals surface area contributed by atoms with Gasteiger partial charge in [0.1, 0.15) is 5.76 Å². The summed E-state index contributed by atoms with van der Waals surface area (Å²) in [6.07, 6.45) is 4.20. The van der Waals surface area contributed by atoms with Crippen LogP contribution in [0, 0.1) is 5.92 Å². The Morgan fingerprint density at radius 3 is 2.54 bits per heavy atom. The number of carbonyl (C=O) groups excluding carboxylic acids is 1. The molecule has 1 atom stereocenters. The lowest BCUT2D eigenvalue weighted by Crippen LogP contribution is -2.42. The number of hydrogen-bond acceptors (Lipinski definition) is 3. The predicted molar refractivity (Wildman–Crippen MR) is 94.2 cm³/mol. The van der Waals surface area contributed by atoms with E-state index in [1.54, 1.807) is 11.2 Å². The molecule has 4 nitrogen and oxygen atoms in total. The van der Waals surface area contributed by atoms with Crippen molar-refractivity contribution in [1.29, 1.82) is 0 Å². The minimum absolute atomic E-state index is 0.134. The molecule has 4 heteroatoms. The van der Waals surface area contributed by atoms with E-state index in [1.807, 2.05) is 25.2 Å². The number of benzene rings is 1. The number of hydrogen-bond donors (Lipinski definition) is 0. The number of furan rings is 1. The van der Waals surface area contributed by atoms with Crippen molar-refractivity contribution in [3.63, 3.8) is 0 Å². The molecule has 0 N–H and O–H groups in total. The van der Waals surface area contributed by atoms with Gasteiger partial charge in [0.2, 0.25) is 5.91 Å². The summed E-state index contributed by atoms with van der Waals surface area (Å²) in [5.41, 5.74) is 1.26. The molecule has 1 aromatic heterocycles. The normalized spacial score (nSPS) is 15.5. The summed E-state index contributed by atoms with van der Waals surface area (Å²) in [7, 11) is 1.84. The van der Waals surface area contributed by atoms with Gasteiger partial charge < -0.3 is 9.32 Å². The van der Waals surface area contributed by atoms with E-state index in [1.165, 1.54) is 18.4 Å². The maximum atomic E-state index is 12.7. The lowest BCUT2D eigenvalue weighted by Gasteiger charge is -2.30. The molecule has 0 spiro atoms. The molecule has 0 radical (unpaired) electrons. The maximum Gasteiger partial charge on any atom is 0.236 e. The first-order valence-corrected chi connectivity index (χ1v) is 8.68. The summed E-state index contributed by atoms with van der Waals surface area (Å²) in [5, 5.41) is 0. The Hall–Kier alpha value is -2.07. The molecule has 1 saturated carbocycles. The molecule has 1 aromatic carbocycles. The fourth-order valence-electron chi connectivity index (χ4n) is 3.06. The predicted octanol–water partition coefficient (Wildman–Crippen LogP) is 3.54. The molecule has 1 aliphatic rings. The van der Waals surface area contributed by atoms with E-state index < -0.39 is 0 Å². The number of amides is 1. The van der Waals surface area contributed by atoms with Gasteiger partial charge in [-0.2, -0.15) is 0 Å². The summed E-state index contributed by atoms with van der Waals surface area (Å²) >= 11 is 0. The third kappa shape index (κ3) is 4.48. The zero-order valence-electron chi connectivity index (χ0n) is 14.5. The Kier molecular flexibility index (Phi) is 5.36. The van der Waals surface area contributed by atoms with Crippen molar-refractivity contribution in [2.45, 2.75) is 38.9 Å². The van der Waals surface area contributed by atoms with Crippen LogP contribution in [0.25, 0.3) is 0 Å². The first-order chi connectivity index (χ1) is 11.6. The fourth-order valence-corrected chi connectivity index (χ4v) is 3.06. The molecule has 0 aliphatic heterocycles. The topological polar surface area (TPSA) is 36.7 Å². The highest BCUT2D eigenvalue weighted by Gasteiger charge is 2.33.